The molecule has 0 bridgehead atoms. The molecule has 0 heterocycles. The highest BCUT2D eigenvalue weighted by Gasteiger charge is 1.98. The van der Waals surface area contributed by atoms with Gasteiger partial charge in [0.25, 0.3) is 0 Å². The summed E-state index contributed by atoms with van der Waals surface area (Å²) < 4.78 is 4.92. The first kappa shape index (κ1) is 10.5. The van der Waals surface area contributed by atoms with E-state index in [0.717, 1.165) is 5.56 Å². The van der Waals surface area contributed by atoms with E-state index in [-0.39, 0.29) is 5.97 Å². The van der Waals surface area contributed by atoms with E-state index < -0.39 is 0 Å². The molecule has 74 valence electrons. The third-order valence-electron chi connectivity index (χ3n) is 2.00. The first-order chi connectivity index (χ1) is 6.63. The average molecular weight is 190 g/mol. The molecule has 0 atom stereocenters. The fourth-order valence-corrected chi connectivity index (χ4v) is 1.12. The third kappa shape index (κ3) is 2.73. The van der Waals surface area contributed by atoms with Crippen molar-refractivity contribution in [3.8, 4) is 5.75 Å². The Morgan fingerprint density at radius 2 is 1.79 bits per heavy atom. The molecule has 0 spiro atoms. The molecule has 0 fully saturated rings. The summed E-state index contributed by atoms with van der Waals surface area (Å²) in [6.45, 7) is 5.43. The van der Waals surface area contributed by atoms with Crippen LogP contribution in [0.2, 0.25) is 0 Å². The van der Waals surface area contributed by atoms with Gasteiger partial charge in [-0.2, -0.15) is 0 Å². The lowest BCUT2D eigenvalue weighted by atomic mass is 10.1. The van der Waals surface area contributed by atoms with Gasteiger partial charge in [0.1, 0.15) is 5.75 Å². The van der Waals surface area contributed by atoms with Crippen molar-refractivity contribution in [3.05, 3.63) is 35.9 Å². The van der Waals surface area contributed by atoms with Crippen LogP contribution in [0.3, 0.4) is 0 Å². The van der Waals surface area contributed by atoms with Crippen molar-refractivity contribution in [3.63, 3.8) is 0 Å². The van der Waals surface area contributed by atoms with Crippen LogP contribution in [0.25, 0.3) is 5.57 Å². The molecule has 0 saturated carbocycles. The number of benzene rings is 1. The summed E-state index contributed by atoms with van der Waals surface area (Å²) in [5.74, 6) is 0.297. The van der Waals surface area contributed by atoms with Gasteiger partial charge in [-0.25, -0.2) is 0 Å². The lowest BCUT2D eigenvalue weighted by Crippen LogP contribution is -2.00. The number of hydrogen-bond acceptors (Lipinski definition) is 2. The molecule has 0 N–H and O–H groups in total. The Morgan fingerprint density at radius 3 is 2.21 bits per heavy atom. The molecule has 1 aromatic rings. The van der Waals surface area contributed by atoms with Gasteiger partial charge in [0.15, 0.2) is 0 Å². The van der Waals surface area contributed by atoms with Gasteiger partial charge in [0, 0.05) is 6.92 Å². The second-order valence-electron chi connectivity index (χ2n) is 3.09. The molecule has 0 aliphatic carbocycles. The minimum absolute atomic E-state index is 0.291. The van der Waals surface area contributed by atoms with Gasteiger partial charge in [-0.1, -0.05) is 18.2 Å². The molecular weight excluding hydrogens is 176 g/mol. The second kappa shape index (κ2) is 4.61. The Hall–Kier alpha value is -1.57. The zero-order chi connectivity index (χ0) is 10.6. The van der Waals surface area contributed by atoms with E-state index in [1.54, 1.807) is 12.1 Å². The molecule has 14 heavy (non-hydrogen) atoms. The number of rotatable bonds is 2. The molecule has 1 aromatic carbocycles. The minimum atomic E-state index is -0.291. The predicted octanol–water partition coefficient (Wildman–Crippen LogP) is 3.04. The fourth-order valence-electron chi connectivity index (χ4n) is 1.12. The van der Waals surface area contributed by atoms with E-state index in [1.165, 1.54) is 12.5 Å². The summed E-state index contributed by atoms with van der Waals surface area (Å²) in [7, 11) is 0. The van der Waals surface area contributed by atoms with E-state index in [2.05, 4.69) is 0 Å². The quantitative estimate of drug-likeness (QED) is 0.529. The normalized spacial score (nSPS) is 11.2. The summed E-state index contributed by atoms with van der Waals surface area (Å²) in [4.78, 5) is 10.7. The summed E-state index contributed by atoms with van der Waals surface area (Å²) >= 11 is 0. The van der Waals surface area contributed by atoms with Crippen LogP contribution in [0.5, 0.6) is 5.75 Å². The molecule has 1 rings (SSSR count). The van der Waals surface area contributed by atoms with E-state index >= 15 is 0 Å². The smallest absolute Gasteiger partial charge is 0.308 e. The molecule has 0 aliphatic heterocycles. The number of carbonyl (C=O) groups excluding carboxylic acids is 1. The molecule has 2 heteroatoms. The zero-order valence-electron chi connectivity index (χ0n) is 8.70. The van der Waals surface area contributed by atoms with Crippen LogP contribution in [0.15, 0.2) is 30.3 Å². The maximum Gasteiger partial charge on any atom is 0.308 e. The Morgan fingerprint density at radius 1 is 1.21 bits per heavy atom. The van der Waals surface area contributed by atoms with Crippen molar-refractivity contribution in [1.82, 2.24) is 0 Å². The van der Waals surface area contributed by atoms with Gasteiger partial charge in [-0.15, -0.1) is 0 Å². The van der Waals surface area contributed by atoms with E-state index in [0.29, 0.717) is 5.75 Å². The Kier molecular flexibility index (Phi) is 3.46. The highest BCUT2D eigenvalue weighted by atomic mass is 16.5. The SMILES string of the molecule is C/C=C(/C)c1ccc(OC(C)=O)cc1. The van der Waals surface area contributed by atoms with Crippen LogP contribution < -0.4 is 4.74 Å². The molecule has 0 saturated heterocycles. The van der Waals surface area contributed by atoms with Gasteiger partial charge >= 0.3 is 5.97 Å². The molecule has 0 aromatic heterocycles. The van der Waals surface area contributed by atoms with E-state index in [4.69, 9.17) is 4.74 Å². The maximum atomic E-state index is 10.7. The summed E-state index contributed by atoms with van der Waals surface area (Å²) in [6.07, 6.45) is 2.04. The van der Waals surface area contributed by atoms with Crippen LogP contribution >= 0.6 is 0 Å². The summed E-state index contributed by atoms with van der Waals surface area (Å²) in [5.41, 5.74) is 2.35. The van der Waals surface area contributed by atoms with Crippen molar-refractivity contribution in [2.75, 3.05) is 0 Å². The molecule has 2 nitrogen and oxygen atoms in total. The van der Waals surface area contributed by atoms with Crippen LogP contribution in [0.4, 0.5) is 0 Å². The third-order valence-corrected chi connectivity index (χ3v) is 2.00. The standard InChI is InChI=1S/C12H14O2/c1-4-9(2)11-5-7-12(8-6-11)14-10(3)13/h4-8H,1-3H3/b9-4-. The Bertz CT molecular complexity index is 347. The number of allylic oxidation sites excluding steroid dienone is 2. The maximum absolute atomic E-state index is 10.7. The molecule has 0 radical (unpaired) electrons. The van der Waals surface area contributed by atoms with Gasteiger partial charge < -0.3 is 4.74 Å². The van der Waals surface area contributed by atoms with Gasteiger partial charge in [-0.05, 0) is 37.1 Å². The van der Waals surface area contributed by atoms with Crippen LogP contribution in [0, 0.1) is 0 Å². The van der Waals surface area contributed by atoms with Crippen LogP contribution in [0.1, 0.15) is 26.3 Å². The lowest BCUT2D eigenvalue weighted by Gasteiger charge is -2.03. The van der Waals surface area contributed by atoms with Crippen molar-refractivity contribution < 1.29 is 9.53 Å². The zero-order valence-corrected chi connectivity index (χ0v) is 8.70. The minimum Gasteiger partial charge on any atom is -0.427 e. The summed E-state index contributed by atoms with van der Waals surface area (Å²) in [5, 5.41) is 0. The second-order valence-corrected chi connectivity index (χ2v) is 3.09. The molecule has 0 aliphatic rings. The van der Waals surface area contributed by atoms with Gasteiger partial charge in [0.05, 0.1) is 0 Å². The average Bonchev–Trinajstić information content (AvgIpc) is 2.17. The van der Waals surface area contributed by atoms with Gasteiger partial charge in [-0.3, -0.25) is 4.79 Å². The summed E-state index contributed by atoms with van der Waals surface area (Å²) in [6, 6.07) is 7.47. The van der Waals surface area contributed by atoms with E-state index in [9.17, 15) is 4.79 Å². The Balaban J connectivity index is 2.83. The molecular formula is C12H14O2. The fraction of sp³-hybridized carbons (Fsp3) is 0.250. The first-order valence-electron chi connectivity index (χ1n) is 4.55. The van der Waals surface area contributed by atoms with Gasteiger partial charge in [0.2, 0.25) is 0 Å². The number of hydrogen-bond donors (Lipinski definition) is 0. The van der Waals surface area contributed by atoms with Crippen LogP contribution in [-0.2, 0) is 4.79 Å². The highest BCUT2D eigenvalue weighted by Crippen LogP contribution is 2.18. The van der Waals surface area contributed by atoms with Crippen molar-refractivity contribution >= 4 is 11.5 Å². The van der Waals surface area contributed by atoms with E-state index in [1.807, 2.05) is 32.1 Å². The lowest BCUT2D eigenvalue weighted by molar-refractivity contribution is -0.131. The van der Waals surface area contributed by atoms with Crippen molar-refractivity contribution in [2.24, 2.45) is 0 Å². The van der Waals surface area contributed by atoms with Crippen molar-refractivity contribution in [1.29, 1.82) is 0 Å². The van der Waals surface area contributed by atoms with Crippen molar-refractivity contribution in [2.45, 2.75) is 20.8 Å². The number of esters is 1. The topological polar surface area (TPSA) is 26.3 Å². The first-order valence-corrected chi connectivity index (χ1v) is 4.55. The molecule has 0 amide bonds. The predicted molar refractivity (Wildman–Crippen MR) is 57.1 cm³/mol. The van der Waals surface area contributed by atoms with Crippen LogP contribution in [-0.4, -0.2) is 5.97 Å². The largest absolute Gasteiger partial charge is 0.427 e. The number of carbonyl (C=O) groups is 1. The molecule has 0 unspecified atom stereocenters. The highest BCUT2D eigenvalue weighted by molar-refractivity contribution is 5.70. The number of ether oxygens (including phenoxy) is 1. The monoisotopic (exact) mass is 190 g/mol. The Labute approximate surface area is 84.2 Å².